The highest BCUT2D eigenvalue weighted by Gasteiger charge is 2.16. The number of amides is 1. The first-order valence-corrected chi connectivity index (χ1v) is 5.92. The van der Waals surface area contributed by atoms with Crippen molar-refractivity contribution in [1.29, 1.82) is 0 Å². The number of carbonyl (C=O) groups excluding carboxylic acids is 1. The largest absolute Gasteiger partial charge is 0.507 e. The van der Waals surface area contributed by atoms with Gasteiger partial charge in [0.1, 0.15) is 10.8 Å². The van der Waals surface area contributed by atoms with E-state index in [2.05, 4.69) is 10.3 Å². The molecule has 0 aliphatic carbocycles. The zero-order valence-electron chi connectivity index (χ0n) is 9.41. The second-order valence-electron chi connectivity index (χ2n) is 3.63. The number of aromatic amines is 1. The summed E-state index contributed by atoms with van der Waals surface area (Å²) < 4.78 is 0. The maximum Gasteiger partial charge on any atom is 0.268 e. The molecule has 2 rings (SSSR count). The van der Waals surface area contributed by atoms with Gasteiger partial charge in [0, 0.05) is 6.20 Å². The van der Waals surface area contributed by atoms with Crippen molar-refractivity contribution in [3.05, 3.63) is 56.4 Å². The van der Waals surface area contributed by atoms with Gasteiger partial charge in [-0.1, -0.05) is 35.3 Å². The number of phenolic OH excluding ortho intramolecular Hbond substituents is 1. The molecule has 0 saturated heterocycles. The molecule has 1 aromatic heterocycles. The summed E-state index contributed by atoms with van der Waals surface area (Å²) in [5.74, 6) is -0.801. The topological polar surface area (TPSA) is 82.2 Å². The third kappa shape index (κ3) is 2.72. The zero-order chi connectivity index (χ0) is 14.0. The lowest BCUT2D eigenvalue weighted by atomic mass is 10.2. The number of hydrogen-bond acceptors (Lipinski definition) is 3. The van der Waals surface area contributed by atoms with Crippen LogP contribution in [-0.2, 0) is 0 Å². The van der Waals surface area contributed by atoms with Crippen molar-refractivity contribution in [3.63, 3.8) is 0 Å². The van der Waals surface area contributed by atoms with E-state index in [1.807, 2.05) is 0 Å². The van der Waals surface area contributed by atoms with E-state index in [9.17, 15) is 14.7 Å². The maximum absolute atomic E-state index is 12.0. The summed E-state index contributed by atoms with van der Waals surface area (Å²) in [7, 11) is 0. The zero-order valence-corrected chi connectivity index (χ0v) is 10.9. The Kier molecular flexibility index (Phi) is 3.78. The average Bonchev–Trinajstić information content (AvgIpc) is 2.39. The van der Waals surface area contributed by atoms with Crippen LogP contribution in [0.3, 0.4) is 0 Å². The van der Waals surface area contributed by atoms with Gasteiger partial charge in [-0.15, -0.1) is 0 Å². The second kappa shape index (κ2) is 5.34. The first-order valence-electron chi connectivity index (χ1n) is 5.16. The van der Waals surface area contributed by atoms with Crippen molar-refractivity contribution >= 4 is 34.8 Å². The summed E-state index contributed by atoms with van der Waals surface area (Å²) in [5, 5.41) is 11.8. The molecule has 1 aromatic carbocycles. The number of rotatable bonds is 2. The van der Waals surface area contributed by atoms with Crippen LogP contribution in [0.25, 0.3) is 0 Å². The molecule has 0 aliphatic heterocycles. The van der Waals surface area contributed by atoms with E-state index in [-0.39, 0.29) is 27.0 Å². The highest BCUT2D eigenvalue weighted by atomic mass is 35.5. The lowest BCUT2D eigenvalue weighted by molar-refractivity contribution is 0.102. The van der Waals surface area contributed by atoms with Crippen LogP contribution in [0.1, 0.15) is 10.4 Å². The summed E-state index contributed by atoms with van der Waals surface area (Å²) in [5.41, 5.74) is -0.520. The number of anilines is 1. The lowest BCUT2D eigenvalue weighted by Gasteiger charge is -2.09. The number of aromatic nitrogens is 1. The fraction of sp³-hybridized carbons (Fsp3) is 0. The smallest absolute Gasteiger partial charge is 0.268 e. The molecule has 0 radical (unpaired) electrons. The highest BCUT2D eigenvalue weighted by molar-refractivity contribution is 6.39. The number of hydrogen-bond donors (Lipinski definition) is 3. The van der Waals surface area contributed by atoms with Gasteiger partial charge < -0.3 is 15.4 Å². The summed E-state index contributed by atoms with van der Waals surface area (Å²) in [6.07, 6.45) is 1.22. The second-order valence-corrected chi connectivity index (χ2v) is 4.41. The highest BCUT2D eigenvalue weighted by Crippen LogP contribution is 2.27. The number of carbonyl (C=O) groups is 1. The molecule has 3 N–H and O–H groups in total. The van der Waals surface area contributed by atoms with Gasteiger partial charge in [0.15, 0.2) is 0 Å². The standard InChI is InChI=1S/C12H8Cl2N2O3/c13-7-5-15-12(19)9(14)10(7)16-11(18)6-3-1-2-4-8(6)17/h1-5,17H,(H2,15,16,18,19). The minimum absolute atomic E-state index is 0.000311. The Bertz CT molecular complexity index is 698. The SMILES string of the molecule is O=C(Nc1c(Cl)c[nH]c(=O)c1Cl)c1ccccc1O. The fourth-order valence-corrected chi connectivity index (χ4v) is 1.89. The van der Waals surface area contributed by atoms with E-state index in [1.54, 1.807) is 12.1 Å². The van der Waals surface area contributed by atoms with Crippen molar-refractivity contribution in [2.45, 2.75) is 0 Å². The summed E-state index contributed by atoms with van der Waals surface area (Å²) in [4.78, 5) is 25.6. The van der Waals surface area contributed by atoms with Crippen LogP contribution in [-0.4, -0.2) is 16.0 Å². The number of benzene rings is 1. The molecule has 0 aliphatic rings. The fourth-order valence-electron chi connectivity index (χ4n) is 1.44. The van der Waals surface area contributed by atoms with Crippen LogP contribution in [0.5, 0.6) is 5.75 Å². The molecule has 2 aromatic rings. The van der Waals surface area contributed by atoms with Gasteiger partial charge in [0.2, 0.25) is 0 Å². The molecular weight excluding hydrogens is 291 g/mol. The first-order chi connectivity index (χ1) is 9.00. The monoisotopic (exact) mass is 298 g/mol. The Morgan fingerprint density at radius 3 is 2.63 bits per heavy atom. The number of phenols is 1. The van der Waals surface area contributed by atoms with Crippen molar-refractivity contribution in [1.82, 2.24) is 4.98 Å². The van der Waals surface area contributed by atoms with E-state index in [1.165, 1.54) is 18.3 Å². The van der Waals surface area contributed by atoms with E-state index >= 15 is 0 Å². The van der Waals surface area contributed by atoms with Crippen molar-refractivity contribution in [3.8, 4) is 5.75 Å². The Hall–Kier alpha value is -1.98. The van der Waals surface area contributed by atoms with Gasteiger partial charge in [-0.25, -0.2) is 0 Å². The van der Waals surface area contributed by atoms with E-state index < -0.39 is 11.5 Å². The van der Waals surface area contributed by atoms with Crippen molar-refractivity contribution in [2.24, 2.45) is 0 Å². The molecule has 0 unspecified atom stereocenters. The molecule has 0 bridgehead atoms. The van der Waals surface area contributed by atoms with Crippen LogP contribution < -0.4 is 10.9 Å². The molecule has 1 heterocycles. The minimum Gasteiger partial charge on any atom is -0.507 e. The Morgan fingerprint density at radius 1 is 1.26 bits per heavy atom. The van der Waals surface area contributed by atoms with Crippen LogP contribution in [0, 0.1) is 0 Å². The molecular formula is C12H8Cl2N2O3. The van der Waals surface area contributed by atoms with Crippen LogP contribution in [0.4, 0.5) is 5.69 Å². The van der Waals surface area contributed by atoms with E-state index in [4.69, 9.17) is 23.2 Å². The van der Waals surface area contributed by atoms with Gasteiger partial charge in [0.25, 0.3) is 11.5 Å². The third-order valence-corrected chi connectivity index (χ3v) is 3.03. The molecule has 5 nitrogen and oxygen atoms in total. The predicted octanol–water partition coefficient (Wildman–Crippen LogP) is 2.64. The quantitative estimate of drug-likeness (QED) is 0.797. The number of nitrogens with one attached hydrogen (secondary N) is 2. The molecule has 1 amide bonds. The Labute approximate surface area is 117 Å². The number of halogens is 2. The number of para-hydroxylation sites is 1. The Morgan fingerprint density at radius 2 is 1.95 bits per heavy atom. The normalized spacial score (nSPS) is 10.2. The molecule has 0 spiro atoms. The maximum atomic E-state index is 12.0. The molecule has 0 saturated carbocycles. The van der Waals surface area contributed by atoms with Gasteiger partial charge in [-0.2, -0.15) is 0 Å². The van der Waals surface area contributed by atoms with Crippen molar-refractivity contribution in [2.75, 3.05) is 5.32 Å². The van der Waals surface area contributed by atoms with Crippen LogP contribution in [0.2, 0.25) is 10.0 Å². The number of H-pyrrole nitrogens is 1. The Balaban J connectivity index is 2.38. The predicted molar refractivity (Wildman–Crippen MR) is 73.1 cm³/mol. The van der Waals surface area contributed by atoms with E-state index in [0.29, 0.717) is 0 Å². The summed E-state index contributed by atoms with van der Waals surface area (Å²) in [6.45, 7) is 0. The first kappa shape index (κ1) is 13.5. The minimum atomic E-state index is -0.618. The molecule has 0 fully saturated rings. The van der Waals surface area contributed by atoms with Crippen molar-refractivity contribution < 1.29 is 9.90 Å². The summed E-state index contributed by atoms with van der Waals surface area (Å²) in [6, 6.07) is 5.98. The number of pyridine rings is 1. The average molecular weight is 299 g/mol. The van der Waals surface area contributed by atoms with Crippen LogP contribution >= 0.6 is 23.2 Å². The molecule has 98 valence electrons. The van der Waals surface area contributed by atoms with Gasteiger partial charge in [0.05, 0.1) is 16.3 Å². The lowest BCUT2D eigenvalue weighted by Crippen LogP contribution is -2.16. The van der Waals surface area contributed by atoms with Crippen LogP contribution in [0.15, 0.2) is 35.3 Å². The van der Waals surface area contributed by atoms with Gasteiger partial charge >= 0.3 is 0 Å². The van der Waals surface area contributed by atoms with Gasteiger partial charge in [-0.05, 0) is 12.1 Å². The molecule has 0 atom stereocenters. The van der Waals surface area contributed by atoms with E-state index in [0.717, 1.165) is 0 Å². The van der Waals surface area contributed by atoms with Gasteiger partial charge in [-0.3, -0.25) is 9.59 Å². The third-order valence-electron chi connectivity index (χ3n) is 2.37. The summed E-state index contributed by atoms with van der Waals surface area (Å²) >= 11 is 11.6. The number of aromatic hydroxyl groups is 1. The molecule has 7 heteroatoms. The molecule has 19 heavy (non-hydrogen) atoms.